The van der Waals surface area contributed by atoms with Crippen molar-refractivity contribution in [1.29, 1.82) is 0 Å². The van der Waals surface area contributed by atoms with Gasteiger partial charge in [-0.05, 0) is 25.0 Å². The number of hydrogen-bond acceptors (Lipinski definition) is 12. The number of ether oxygens (including phenoxy) is 3. The Balaban J connectivity index is 0.000000181. The van der Waals surface area contributed by atoms with Gasteiger partial charge in [0.2, 0.25) is 0 Å². The van der Waals surface area contributed by atoms with E-state index in [1.54, 1.807) is 12.1 Å². The zero-order valence-corrected chi connectivity index (χ0v) is 17.5. The normalized spacial score (nSPS) is 14.9. The van der Waals surface area contributed by atoms with Crippen LogP contribution < -0.4 is 11.5 Å². The lowest BCUT2D eigenvalue weighted by molar-refractivity contribution is 0.0584. The van der Waals surface area contributed by atoms with Gasteiger partial charge in [0.1, 0.15) is 11.8 Å². The first-order valence-corrected chi connectivity index (χ1v) is 9.51. The largest absolute Gasteiger partial charge is 0.464 e. The van der Waals surface area contributed by atoms with Crippen molar-refractivity contribution in [3.8, 4) is 11.5 Å². The van der Waals surface area contributed by atoms with Crippen molar-refractivity contribution in [3.05, 3.63) is 47.9 Å². The van der Waals surface area contributed by atoms with Gasteiger partial charge in [0.15, 0.2) is 28.8 Å². The maximum absolute atomic E-state index is 11.4. The Bertz CT molecular complexity index is 1080. The molecular formula is C20H22N6O6. The highest BCUT2D eigenvalue weighted by Crippen LogP contribution is 2.27. The molecule has 0 radical (unpaired) electrons. The summed E-state index contributed by atoms with van der Waals surface area (Å²) in [6, 6.07) is 3.42. The number of rotatable bonds is 4. The average Bonchev–Trinajstić information content (AvgIpc) is 3.54. The molecule has 1 unspecified atom stereocenters. The molecule has 0 aliphatic carbocycles. The number of anilines is 2. The van der Waals surface area contributed by atoms with Crippen molar-refractivity contribution in [2.75, 3.05) is 32.3 Å². The molecule has 1 saturated heterocycles. The number of nitrogen functional groups attached to an aromatic ring is 2. The number of aromatic nitrogens is 4. The van der Waals surface area contributed by atoms with Gasteiger partial charge in [-0.25, -0.2) is 29.5 Å². The fourth-order valence-electron chi connectivity index (χ4n) is 2.81. The third kappa shape index (κ3) is 5.16. The van der Waals surface area contributed by atoms with E-state index < -0.39 is 11.9 Å². The van der Waals surface area contributed by atoms with E-state index in [1.165, 1.54) is 32.9 Å². The smallest absolute Gasteiger partial charge is 0.360 e. The van der Waals surface area contributed by atoms with Gasteiger partial charge < -0.3 is 30.1 Å². The summed E-state index contributed by atoms with van der Waals surface area (Å²) in [5.41, 5.74) is 12.2. The molecule has 32 heavy (non-hydrogen) atoms. The first kappa shape index (κ1) is 22.6. The van der Waals surface area contributed by atoms with Crippen molar-refractivity contribution in [2.45, 2.75) is 18.9 Å². The molecule has 0 saturated carbocycles. The van der Waals surface area contributed by atoms with Crippen LogP contribution in [0.2, 0.25) is 0 Å². The van der Waals surface area contributed by atoms with E-state index in [0.29, 0.717) is 23.8 Å². The second-order valence-electron chi connectivity index (χ2n) is 6.48. The van der Waals surface area contributed by atoms with E-state index in [-0.39, 0.29) is 29.1 Å². The summed E-state index contributed by atoms with van der Waals surface area (Å²) in [5.74, 6) is -0.586. The van der Waals surface area contributed by atoms with E-state index >= 15 is 0 Å². The maximum Gasteiger partial charge on any atom is 0.360 e. The number of methoxy groups -OCH3 is 2. The Morgan fingerprint density at radius 1 is 1.03 bits per heavy atom. The lowest BCUT2D eigenvalue weighted by Crippen LogP contribution is -2.13. The maximum atomic E-state index is 11.4. The van der Waals surface area contributed by atoms with Crippen molar-refractivity contribution in [3.63, 3.8) is 0 Å². The molecule has 3 aromatic rings. The van der Waals surface area contributed by atoms with Gasteiger partial charge in [0.25, 0.3) is 0 Å². The van der Waals surface area contributed by atoms with E-state index in [9.17, 15) is 9.59 Å². The number of carbonyl (C=O) groups is 2. The van der Waals surface area contributed by atoms with Gasteiger partial charge >= 0.3 is 11.9 Å². The zero-order valence-electron chi connectivity index (χ0n) is 17.5. The van der Waals surface area contributed by atoms with Gasteiger partial charge in [0.05, 0.1) is 38.6 Å². The number of hydrogen-bond donors (Lipinski definition) is 2. The standard InChI is InChI=1S/C10H13N3O3.C10H9N3O3/c2*1-15-10(14)8-9(11)12-5-6(13-8)7-3-2-4-16-7/h5,7H,2-4H2,1H3,(H2,11,12);2-5H,1H3,(H2,11,12). The van der Waals surface area contributed by atoms with Crippen LogP contribution >= 0.6 is 0 Å². The minimum Gasteiger partial charge on any atom is -0.464 e. The van der Waals surface area contributed by atoms with Crippen LogP contribution in [-0.2, 0) is 14.2 Å². The highest BCUT2D eigenvalue weighted by atomic mass is 16.5. The Morgan fingerprint density at radius 2 is 1.69 bits per heavy atom. The van der Waals surface area contributed by atoms with Gasteiger partial charge in [0, 0.05) is 6.61 Å². The van der Waals surface area contributed by atoms with Crippen LogP contribution in [0.1, 0.15) is 45.6 Å². The topological polar surface area (TPSA) is 179 Å². The Morgan fingerprint density at radius 3 is 2.25 bits per heavy atom. The molecule has 168 valence electrons. The molecule has 4 rings (SSSR count). The lowest BCUT2D eigenvalue weighted by Gasteiger charge is -2.10. The van der Waals surface area contributed by atoms with Crippen LogP contribution in [0.3, 0.4) is 0 Å². The van der Waals surface area contributed by atoms with Crippen LogP contribution in [0.5, 0.6) is 0 Å². The zero-order chi connectivity index (χ0) is 23.1. The molecular weight excluding hydrogens is 420 g/mol. The summed E-state index contributed by atoms with van der Waals surface area (Å²) in [6.07, 6.45) is 6.27. The third-order valence-electron chi connectivity index (χ3n) is 4.41. The minimum absolute atomic E-state index is 0.0172. The Hall–Kier alpha value is -4.06. The van der Waals surface area contributed by atoms with Crippen LogP contribution in [0, 0.1) is 0 Å². The van der Waals surface area contributed by atoms with Crippen LogP contribution in [0.15, 0.2) is 35.2 Å². The quantitative estimate of drug-likeness (QED) is 0.560. The highest BCUT2D eigenvalue weighted by molar-refractivity contribution is 5.92. The van der Waals surface area contributed by atoms with E-state index in [2.05, 4.69) is 29.4 Å². The molecule has 0 bridgehead atoms. The predicted octanol–water partition coefficient (Wildman–Crippen LogP) is 1.80. The predicted molar refractivity (Wildman–Crippen MR) is 111 cm³/mol. The van der Waals surface area contributed by atoms with Gasteiger partial charge in [-0.2, -0.15) is 0 Å². The summed E-state index contributed by atoms with van der Waals surface area (Å²) < 4.78 is 19.7. The van der Waals surface area contributed by atoms with Crippen LogP contribution in [-0.4, -0.2) is 52.7 Å². The third-order valence-corrected chi connectivity index (χ3v) is 4.41. The SMILES string of the molecule is COC(=O)c1nc(-c2ccco2)cnc1N.COC(=O)c1nc(C2CCCO2)cnc1N. The van der Waals surface area contributed by atoms with E-state index in [1.807, 2.05) is 0 Å². The fraction of sp³-hybridized carbons (Fsp3) is 0.300. The molecule has 3 aromatic heterocycles. The Kier molecular flexibility index (Phi) is 7.29. The fourth-order valence-corrected chi connectivity index (χ4v) is 2.81. The van der Waals surface area contributed by atoms with E-state index in [0.717, 1.165) is 12.8 Å². The van der Waals surface area contributed by atoms with Crippen molar-refractivity contribution in [1.82, 2.24) is 19.9 Å². The summed E-state index contributed by atoms with van der Waals surface area (Å²) >= 11 is 0. The first-order valence-electron chi connectivity index (χ1n) is 9.51. The summed E-state index contributed by atoms with van der Waals surface area (Å²) in [5, 5.41) is 0. The molecule has 4 N–H and O–H groups in total. The second-order valence-corrected chi connectivity index (χ2v) is 6.48. The minimum atomic E-state index is -0.626. The van der Waals surface area contributed by atoms with E-state index in [4.69, 9.17) is 20.6 Å². The molecule has 1 atom stereocenters. The molecule has 12 nitrogen and oxygen atoms in total. The monoisotopic (exact) mass is 442 g/mol. The summed E-state index contributed by atoms with van der Waals surface area (Å²) in [7, 11) is 2.53. The van der Waals surface area contributed by atoms with Crippen molar-refractivity contribution >= 4 is 23.6 Å². The number of nitrogens with zero attached hydrogens (tertiary/aromatic N) is 4. The van der Waals surface area contributed by atoms with Crippen LogP contribution in [0.25, 0.3) is 11.5 Å². The molecule has 1 aliphatic rings. The number of furan rings is 1. The average molecular weight is 442 g/mol. The summed E-state index contributed by atoms with van der Waals surface area (Å²) in [4.78, 5) is 38.6. The van der Waals surface area contributed by atoms with Gasteiger partial charge in [-0.3, -0.25) is 0 Å². The lowest BCUT2D eigenvalue weighted by atomic mass is 10.2. The van der Waals surface area contributed by atoms with Crippen LogP contribution in [0.4, 0.5) is 11.6 Å². The Labute approximate surface area is 182 Å². The molecule has 12 heteroatoms. The number of nitrogens with two attached hydrogens (primary N) is 2. The van der Waals surface area contributed by atoms with Crippen molar-refractivity contribution < 1.29 is 28.2 Å². The summed E-state index contributed by atoms with van der Waals surface area (Å²) in [6.45, 7) is 0.713. The molecule has 0 spiro atoms. The van der Waals surface area contributed by atoms with Gasteiger partial charge in [-0.15, -0.1) is 0 Å². The number of carbonyl (C=O) groups excluding carboxylic acids is 2. The first-order chi connectivity index (χ1) is 15.4. The highest BCUT2D eigenvalue weighted by Gasteiger charge is 2.22. The number of esters is 2. The van der Waals surface area contributed by atoms with Crippen molar-refractivity contribution in [2.24, 2.45) is 0 Å². The molecule has 0 aromatic carbocycles. The molecule has 1 aliphatic heterocycles. The molecule has 1 fully saturated rings. The molecule has 0 amide bonds. The second kappa shape index (κ2) is 10.3. The molecule has 4 heterocycles. The van der Waals surface area contributed by atoms with Gasteiger partial charge in [-0.1, -0.05) is 0 Å².